The van der Waals surface area contributed by atoms with Gasteiger partial charge in [-0.3, -0.25) is 0 Å². The molecule has 0 aliphatic carbocycles. The van der Waals surface area contributed by atoms with Crippen LogP contribution in [0.2, 0.25) is 0 Å². The summed E-state index contributed by atoms with van der Waals surface area (Å²) in [7, 11) is 0. The van der Waals surface area contributed by atoms with E-state index >= 15 is 0 Å². The van der Waals surface area contributed by atoms with Crippen LogP contribution in [0.15, 0.2) is 67.0 Å². The molecule has 0 bridgehead atoms. The molecule has 2 aromatic carbocycles. The molecular weight excluding hydrogens is 317 g/mol. The Morgan fingerprint density at radius 1 is 0.958 bits per heavy atom. The molecule has 0 atom stereocenters. The molecule has 0 radical (unpaired) electrons. The number of hydrazine groups is 1. The summed E-state index contributed by atoms with van der Waals surface area (Å²) in [6.07, 6.45) is -2.59. The van der Waals surface area contributed by atoms with Crippen molar-refractivity contribution in [3.63, 3.8) is 0 Å². The first kappa shape index (κ1) is 16.1. The smallest absolute Gasteiger partial charge is 0.321 e. The standard InChI is InChI=1S/C17H15F3N4/c18-17(19,20)14-11-22-24(12-14)16-8-6-13(7-9-16)10-21-23-15-4-2-1-3-5-15/h1-9,11-12,21,23H,10H2. The summed E-state index contributed by atoms with van der Waals surface area (Å²) in [6.45, 7) is 0.572. The number of halogens is 3. The third kappa shape index (κ3) is 3.94. The molecule has 0 unspecified atom stereocenters. The first-order valence-electron chi connectivity index (χ1n) is 7.27. The van der Waals surface area contributed by atoms with E-state index in [9.17, 15) is 13.2 Å². The van der Waals surface area contributed by atoms with E-state index in [1.54, 1.807) is 12.1 Å². The van der Waals surface area contributed by atoms with Gasteiger partial charge in [-0.15, -0.1) is 0 Å². The molecule has 3 aromatic rings. The van der Waals surface area contributed by atoms with Crippen molar-refractivity contribution in [3.05, 3.63) is 78.1 Å². The first-order chi connectivity index (χ1) is 11.5. The Bertz CT molecular complexity index is 780. The Labute approximate surface area is 136 Å². The van der Waals surface area contributed by atoms with Crippen molar-refractivity contribution in [1.82, 2.24) is 15.2 Å². The van der Waals surface area contributed by atoms with Gasteiger partial charge in [-0.1, -0.05) is 30.3 Å². The lowest BCUT2D eigenvalue weighted by atomic mass is 10.2. The number of nitrogens with one attached hydrogen (secondary N) is 2. The van der Waals surface area contributed by atoms with Gasteiger partial charge < -0.3 is 5.43 Å². The molecule has 0 fully saturated rings. The van der Waals surface area contributed by atoms with E-state index < -0.39 is 11.7 Å². The maximum absolute atomic E-state index is 12.6. The number of hydrogen-bond acceptors (Lipinski definition) is 3. The van der Waals surface area contributed by atoms with Crippen molar-refractivity contribution < 1.29 is 13.2 Å². The van der Waals surface area contributed by atoms with Gasteiger partial charge in [-0.2, -0.15) is 18.3 Å². The van der Waals surface area contributed by atoms with E-state index in [2.05, 4.69) is 16.0 Å². The zero-order valence-electron chi connectivity index (χ0n) is 12.6. The number of anilines is 1. The van der Waals surface area contributed by atoms with Crippen molar-refractivity contribution in [2.24, 2.45) is 0 Å². The van der Waals surface area contributed by atoms with E-state index in [1.807, 2.05) is 42.5 Å². The van der Waals surface area contributed by atoms with Crippen LogP contribution in [0.3, 0.4) is 0 Å². The highest BCUT2D eigenvalue weighted by molar-refractivity contribution is 5.41. The van der Waals surface area contributed by atoms with E-state index in [-0.39, 0.29) is 0 Å². The van der Waals surface area contributed by atoms with Gasteiger partial charge in [0.15, 0.2) is 0 Å². The predicted octanol–water partition coefficient (Wildman–Crippen LogP) is 4.01. The fourth-order valence-electron chi connectivity index (χ4n) is 2.15. The Morgan fingerprint density at radius 3 is 2.29 bits per heavy atom. The van der Waals surface area contributed by atoms with E-state index in [0.717, 1.165) is 23.6 Å². The molecule has 0 saturated carbocycles. The summed E-state index contributed by atoms with van der Waals surface area (Å²) in [6, 6.07) is 16.8. The topological polar surface area (TPSA) is 41.9 Å². The minimum atomic E-state index is -4.38. The van der Waals surface area contributed by atoms with Crippen molar-refractivity contribution in [1.29, 1.82) is 0 Å². The molecule has 7 heteroatoms. The SMILES string of the molecule is FC(F)(F)c1cnn(-c2ccc(CNNc3ccccc3)cc2)c1. The summed E-state index contributed by atoms with van der Waals surface area (Å²) >= 11 is 0. The molecule has 1 aromatic heterocycles. The van der Waals surface area contributed by atoms with Crippen LogP contribution in [0.25, 0.3) is 5.69 Å². The zero-order chi connectivity index (χ0) is 17.0. The summed E-state index contributed by atoms with van der Waals surface area (Å²) in [4.78, 5) is 0. The van der Waals surface area contributed by atoms with Crippen LogP contribution in [-0.4, -0.2) is 9.78 Å². The number of alkyl halides is 3. The fourth-order valence-corrected chi connectivity index (χ4v) is 2.15. The Kier molecular flexibility index (Phi) is 4.52. The molecule has 4 nitrogen and oxygen atoms in total. The van der Waals surface area contributed by atoms with Gasteiger partial charge in [0.1, 0.15) is 0 Å². The van der Waals surface area contributed by atoms with Gasteiger partial charge in [0, 0.05) is 18.4 Å². The number of nitrogens with zero attached hydrogens (tertiary/aromatic N) is 2. The number of hydrogen-bond donors (Lipinski definition) is 2. The van der Waals surface area contributed by atoms with Crippen molar-refractivity contribution in [3.8, 4) is 5.69 Å². The average molecular weight is 332 g/mol. The van der Waals surface area contributed by atoms with Crippen LogP contribution in [0.5, 0.6) is 0 Å². The third-order valence-corrected chi connectivity index (χ3v) is 3.41. The van der Waals surface area contributed by atoms with Crippen LogP contribution in [0.1, 0.15) is 11.1 Å². The van der Waals surface area contributed by atoms with E-state index in [1.165, 1.54) is 4.68 Å². The number of para-hydroxylation sites is 1. The lowest BCUT2D eigenvalue weighted by Gasteiger charge is -2.09. The second kappa shape index (κ2) is 6.76. The zero-order valence-corrected chi connectivity index (χ0v) is 12.6. The second-order valence-electron chi connectivity index (χ2n) is 5.18. The van der Waals surface area contributed by atoms with E-state index in [4.69, 9.17) is 0 Å². The largest absolute Gasteiger partial charge is 0.419 e. The first-order valence-corrected chi connectivity index (χ1v) is 7.27. The summed E-state index contributed by atoms with van der Waals surface area (Å²) in [5.74, 6) is 0. The molecule has 24 heavy (non-hydrogen) atoms. The molecule has 124 valence electrons. The Balaban J connectivity index is 1.60. The molecule has 0 saturated heterocycles. The third-order valence-electron chi connectivity index (χ3n) is 3.41. The fraction of sp³-hybridized carbons (Fsp3) is 0.118. The van der Waals surface area contributed by atoms with Gasteiger partial charge in [-0.25, -0.2) is 10.1 Å². The van der Waals surface area contributed by atoms with Crippen molar-refractivity contribution in [2.75, 3.05) is 5.43 Å². The quantitative estimate of drug-likeness (QED) is 0.694. The monoisotopic (exact) mass is 332 g/mol. The van der Waals surface area contributed by atoms with E-state index in [0.29, 0.717) is 12.2 Å². The van der Waals surface area contributed by atoms with Gasteiger partial charge in [0.25, 0.3) is 0 Å². The number of benzene rings is 2. The van der Waals surface area contributed by atoms with Crippen LogP contribution >= 0.6 is 0 Å². The van der Waals surface area contributed by atoms with Crippen LogP contribution in [0.4, 0.5) is 18.9 Å². The van der Waals surface area contributed by atoms with Gasteiger partial charge >= 0.3 is 6.18 Å². The lowest BCUT2D eigenvalue weighted by Crippen LogP contribution is -2.20. The number of aromatic nitrogens is 2. The summed E-state index contributed by atoms with van der Waals surface area (Å²) in [5, 5.41) is 3.75. The highest BCUT2D eigenvalue weighted by Crippen LogP contribution is 2.29. The maximum Gasteiger partial charge on any atom is 0.419 e. The summed E-state index contributed by atoms with van der Waals surface area (Å²) in [5.41, 5.74) is 7.90. The molecule has 1 heterocycles. The van der Waals surface area contributed by atoms with Gasteiger partial charge in [-0.05, 0) is 29.8 Å². The Hall–Kier alpha value is -2.80. The predicted molar refractivity (Wildman–Crippen MR) is 85.5 cm³/mol. The van der Waals surface area contributed by atoms with Crippen LogP contribution in [0, 0.1) is 0 Å². The van der Waals surface area contributed by atoms with Crippen LogP contribution < -0.4 is 10.9 Å². The Morgan fingerprint density at radius 2 is 1.67 bits per heavy atom. The molecule has 3 rings (SSSR count). The number of rotatable bonds is 5. The molecule has 0 aliphatic rings. The van der Waals surface area contributed by atoms with Gasteiger partial charge in [0.05, 0.1) is 17.4 Å². The van der Waals surface area contributed by atoms with Crippen molar-refractivity contribution >= 4 is 5.69 Å². The molecule has 0 aliphatic heterocycles. The highest BCUT2D eigenvalue weighted by Gasteiger charge is 2.32. The lowest BCUT2D eigenvalue weighted by molar-refractivity contribution is -0.137. The molecule has 2 N–H and O–H groups in total. The summed E-state index contributed by atoms with van der Waals surface area (Å²) < 4.78 is 39.0. The molecular formula is C17H15F3N4. The minimum absolute atomic E-state index is 0.572. The maximum atomic E-state index is 12.6. The molecule has 0 amide bonds. The van der Waals surface area contributed by atoms with Crippen molar-refractivity contribution in [2.45, 2.75) is 12.7 Å². The van der Waals surface area contributed by atoms with Crippen LogP contribution in [-0.2, 0) is 12.7 Å². The minimum Gasteiger partial charge on any atom is -0.321 e. The highest BCUT2D eigenvalue weighted by atomic mass is 19.4. The van der Waals surface area contributed by atoms with Gasteiger partial charge in [0.2, 0.25) is 0 Å². The average Bonchev–Trinajstić information content (AvgIpc) is 3.07. The molecule has 0 spiro atoms. The normalized spacial score (nSPS) is 11.5. The second-order valence-corrected chi connectivity index (χ2v) is 5.18.